The van der Waals surface area contributed by atoms with Gasteiger partial charge in [-0.1, -0.05) is 53.6 Å². The summed E-state index contributed by atoms with van der Waals surface area (Å²) < 4.78 is 12.0. The van der Waals surface area contributed by atoms with Gasteiger partial charge >= 0.3 is 0 Å². The van der Waals surface area contributed by atoms with Crippen LogP contribution in [0.5, 0.6) is 5.75 Å². The Balaban J connectivity index is 1.83. The van der Waals surface area contributed by atoms with Crippen LogP contribution >= 0.6 is 11.6 Å². The summed E-state index contributed by atoms with van der Waals surface area (Å²) in [5, 5.41) is 1.11. The molecule has 0 aliphatic rings. The Morgan fingerprint density at radius 1 is 0.963 bits per heavy atom. The third kappa shape index (κ3) is 3.60. The summed E-state index contributed by atoms with van der Waals surface area (Å²) in [6, 6.07) is 22.3. The minimum Gasteiger partial charge on any atom is -0.481 e. The molecular formula is C23H17ClO3. The monoisotopic (exact) mass is 376 g/mol. The molecule has 4 rings (SSSR count). The second-order valence-corrected chi connectivity index (χ2v) is 6.81. The van der Waals surface area contributed by atoms with Crippen LogP contribution in [0.4, 0.5) is 0 Å². The van der Waals surface area contributed by atoms with Crippen molar-refractivity contribution in [1.29, 1.82) is 0 Å². The summed E-state index contributed by atoms with van der Waals surface area (Å²) in [7, 11) is 0. The lowest BCUT2D eigenvalue weighted by Crippen LogP contribution is -2.10. The molecule has 27 heavy (non-hydrogen) atoms. The summed E-state index contributed by atoms with van der Waals surface area (Å²) in [5.74, 6) is 0.612. The van der Waals surface area contributed by atoms with Gasteiger partial charge in [-0.2, -0.15) is 0 Å². The second-order valence-electron chi connectivity index (χ2n) is 6.37. The van der Waals surface area contributed by atoms with E-state index in [1.165, 1.54) is 0 Å². The van der Waals surface area contributed by atoms with Gasteiger partial charge in [-0.25, -0.2) is 0 Å². The molecule has 4 heteroatoms. The first-order valence-corrected chi connectivity index (χ1v) is 9.00. The van der Waals surface area contributed by atoms with Crippen LogP contribution in [0, 0.1) is 6.92 Å². The zero-order valence-electron chi connectivity index (χ0n) is 14.7. The van der Waals surface area contributed by atoms with E-state index >= 15 is 0 Å². The number of hydrogen-bond donors (Lipinski definition) is 0. The molecular weight excluding hydrogens is 360 g/mol. The highest BCUT2D eigenvalue weighted by atomic mass is 35.5. The van der Waals surface area contributed by atoms with E-state index in [4.69, 9.17) is 20.8 Å². The molecule has 0 aliphatic heterocycles. The number of benzene rings is 3. The molecule has 0 fully saturated rings. The lowest BCUT2D eigenvalue weighted by Gasteiger charge is -2.12. The zero-order chi connectivity index (χ0) is 18.8. The molecule has 0 unspecified atom stereocenters. The number of halogens is 1. The first-order valence-electron chi connectivity index (χ1n) is 8.62. The summed E-state index contributed by atoms with van der Waals surface area (Å²) in [4.78, 5) is 13.1. The minimum absolute atomic E-state index is 0.186. The van der Waals surface area contributed by atoms with E-state index in [9.17, 15) is 4.79 Å². The Labute approximate surface area is 161 Å². The van der Waals surface area contributed by atoms with Gasteiger partial charge in [-0.05, 0) is 48.9 Å². The van der Waals surface area contributed by atoms with Crippen LogP contribution < -0.4 is 10.2 Å². The molecule has 0 saturated carbocycles. The fourth-order valence-electron chi connectivity index (χ4n) is 3.00. The number of aryl methyl sites for hydroxylation is 1. The molecule has 0 atom stereocenters. The molecule has 134 valence electrons. The van der Waals surface area contributed by atoms with Crippen LogP contribution in [0.2, 0.25) is 5.02 Å². The van der Waals surface area contributed by atoms with Gasteiger partial charge in [0.1, 0.15) is 12.2 Å². The van der Waals surface area contributed by atoms with Gasteiger partial charge in [0.05, 0.1) is 5.39 Å². The molecule has 0 aliphatic carbocycles. The number of rotatable bonds is 4. The van der Waals surface area contributed by atoms with Crippen LogP contribution in [-0.2, 0) is 6.61 Å². The number of hydrogen-bond acceptors (Lipinski definition) is 3. The molecule has 0 radical (unpaired) electrons. The van der Waals surface area contributed by atoms with E-state index in [0.29, 0.717) is 21.8 Å². The highest BCUT2D eigenvalue weighted by Crippen LogP contribution is 2.32. The number of fused-ring (bicyclic) bond motifs is 1. The van der Waals surface area contributed by atoms with E-state index in [-0.39, 0.29) is 17.8 Å². The van der Waals surface area contributed by atoms with Crippen LogP contribution in [-0.4, -0.2) is 0 Å². The van der Waals surface area contributed by atoms with Crippen molar-refractivity contribution in [2.75, 3.05) is 0 Å². The quantitative estimate of drug-likeness (QED) is 0.438. The fourth-order valence-corrected chi connectivity index (χ4v) is 3.13. The molecule has 0 spiro atoms. The molecule has 0 saturated heterocycles. The highest BCUT2D eigenvalue weighted by molar-refractivity contribution is 6.30. The van der Waals surface area contributed by atoms with Gasteiger partial charge < -0.3 is 9.15 Å². The Hall–Kier alpha value is -3.04. The minimum atomic E-state index is -0.186. The maximum atomic E-state index is 13.1. The molecule has 3 aromatic carbocycles. The summed E-state index contributed by atoms with van der Waals surface area (Å²) in [6.45, 7) is 2.30. The average molecular weight is 377 g/mol. The van der Waals surface area contributed by atoms with Gasteiger partial charge in [-0.15, -0.1) is 0 Å². The van der Waals surface area contributed by atoms with Gasteiger partial charge in [0.15, 0.2) is 5.76 Å². The topological polar surface area (TPSA) is 39.4 Å². The van der Waals surface area contributed by atoms with E-state index in [2.05, 4.69) is 0 Å². The SMILES string of the molecule is Cc1cccc(COc2c(-c3ccc(Cl)cc3)oc3ccccc3c2=O)c1. The summed E-state index contributed by atoms with van der Waals surface area (Å²) in [5.41, 5.74) is 3.20. The van der Waals surface area contributed by atoms with Gasteiger partial charge in [-0.3, -0.25) is 4.79 Å². The van der Waals surface area contributed by atoms with E-state index in [1.54, 1.807) is 24.3 Å². The van der Waals surface area contributed by atoms with Crippen LogP contribution in [0.1, 0.15) is 11.1 Å². The van der Waals surface area contributed by atoms with Gasteiger partial charge in [0.25, 0.3) is 0 Å². The van der Waals surface area contributed by atoms with Crippen LogP contribution in [0.15, 0.2) is 82.0 Å². The second kappa shape index (κ2) is 7.29. The predicted octanol–water partition coefficient (Wildman–Crippen LogP) is 6.00. The molecule has 0 N–H and O–H groups in total. The normalized spacial score (nSPS) is 10.9. The average Bonchev–Trinajstić information content (AvgIpc) is 2.68. The maximum Gasteiger partial charge on any atom is 0.235 e. The fraction of sp³-hybridized carbons (Fsp3) is 0.0870. The molecule has 0 amide bonds. The first kappa shape index (κ1) is 17.4. The predicted molar refractivity (Wildman–Crippen MR) is 108 cm³/mol. The van der Waals surface area contributed by atoms with Gasteiger partial charge in [0, 0.05) is 10.6 Å². The maximum absolute atomic E-state index is 13.1. The standard InChI is InChI=1S/C23H17ClO3/c1-15-5-4-6-16(13-15)14-26-23-21(25)19-7-2-3-8-20(19)27-22(23)17-9-11-18(24)12-10-17/h2-13H,14H2,1H3. The molecule has 1 aromatic heterocycles. The molecule has 0 bridgehead atoms. The number of ether oxygens (including phenoxy) is 1. The summed E-state index contributed by atoms with van der Waals surface area (Å²) >= 11 is 6.00. The van der Waals surface area contributed by atoms with Crippen molar-refractivity contribution in [2.45, 2.75) is 13.5 Å². The Kier molecular flexibility index (Phi) is 4.69. The van der Waals surface area contributed by atoms with Gasteiger partial charge in [0.2, 0.25) is 11.2 Å². The zero-order valence-corrected chi connectivity index (χ0v) is 15.5. The van der Waals surface area contributed by atoms with Crippen molar-refractivity contribution in [3.63, 3.8) is 0 Å². The number of para-hydroxylation sites is 1. The van der Waals surface area contributed by atoms with E-state index in [0.717, 1.165) is 16.7 Å². The van der Waals surface area contributed by atoms with E-state index < -0.39 is 0 Å². The van der Waals surface area contributed by atoms with Crippen molar-refractivity contribution in [3.05, 3.63) is 99.2 Å². The third-order valence-electron chi connectivity index (χ3n) is 4.33. The van der Waals surface area contributed by atoms with Crippen molar-refractivity contribution < 1.29 is 9.15 Å². The Morgan fingerprint density at radius 3 is 2.52 bits per heavy atom. The Morgan fingerprint density at radius 2 is 1.74 bits per heavy atom. The third-order valence-corrected chi connectivity index (χ3v) is 4.58. The van der Waals surface area contributed by atoms with Crippen LogP contribution in [0.25, 0.3) is 22.3 Å². The smallest absolute Gasteiger partial charge is 0.235 e. The lowest BCUT2D eigenvalue weighted by molar-refractivity contribution is 0.298. The molecule has 3 nitrogen and oxygen atoms in total. The van der Waals surface area contributed by atoms with Crippen LogP contribution in [0.3, 0.4) is 0 Å². The van der Waals surface area contributed by atoms with E-state index in [1.807, 2.05) is 55.5 Å². The largest absolute Gasteiger partial charge is 0.481 e. The Bertz CT molecular complexity index is 1160. The van der Waals surface area contributed by atoms with Crippen molar-refractivity contribution in [2.24, 2.45) is 0 Å². The summed E-state index contributed by atoms with van der Waals surface area (Å²) in [6.07, 6.45) is 0. The molecule has 1 heterocycles. The molecule has 4 aromatic rings. The highest BCUT2D eigenvalue weighted by Gasteiger charge is 2.17. The van der Waals surface area contributed by atoms with Crippen molar-refractivity contribution >= 4 is 22.6 Å². The lowest BCUT2D eigenvalue weighted by atomic mass is 10.1. The van der Waals surface area contributed by atoms with Crippen molar-refractivity contribution in [3.8, 4) is 17.1 Å². The first-order chi connectivity index (χ1) is 13.1. The van der Waals surface area contributed by atoms with Crippen molar-refractivity contribution in [1.82, 2.24) is 0 Å².